The summed E-state index contributed by atoms with van der Waals surface area (Å²) in [6, 6.07) is -1.41. The van der Waals surface area contributed by atoms with Crippen molar-refractivity contribution in [2.45, 2.75) is 83.1 Å². The first kappa shape index (κ1) is 28.4. The minimum atomic E-state index is -1.09. The van der Waals surface area contributed by atoms with Crippen LogP contribution in [0.3, 0.4) is 0 Å². The highest BCUT2D eigenvalue weighted by molar-refractivity contribution is 5.99. The number of aliphatic hydroxyl groups is 1. The molecular weight excluding hydrogens is 458 g/mol. The van der Waals surface area contributed by atoms with E-state index in [9.17, 15) is 19.5 Å². The molecule has 0 radical (unpaired) electrons. The first-order chi connectivity index (χ1) is 17.0. The molecule has 8 heteroatoms. The van der Waals surface area contributed by atoms with Gasteiger partial charge in [0, 0.05) is 26.7 Å². The second-order valence-corrected chi connectivity index (χ2v) is 11.4. The van der Waals surface area contributed by atoms with Crippen LogP contribution >= 0.6 is 0 Å². The summed E-state index contributed by atoms with van der Waals surface area (Å²) in [7, 11) is 1.71. The Balaban J connectivity index is 2.12. The summed E-state index contributed by atoms with van der Waals surface area (Å²) in [4.78, 5) is 47.1. The Kier molecular flexibility index (Phi) is 8.71. The lowest BCUT2D eigenvalue weighted by atomic mass is 9.66. The number of likely N-dealkylation sites (tertiary alicyclic amines) is 1. The van der Waals surface area contributed by atoms with Gasteiger partial charge in [-0.05, 0) is 38.5 Å². The average molecular weight is 504 g/mol. The summed E-state index contributed by atoms with van der Waals surface area (Å²) < 4.78 is 6.71. The van der Waals surface area contributed by atoms with E-state index in [0.717, 1.165) is 12.8 Å². The van der Waals surface area contributed by atoms with Gasteiger partial charge in [-0.1, -0.05) is 39.3 Å². The molecular formula is C28H45N3O5. The van der Waals surface area contributed by atoms with Crippen molar-refractivity contribution < 1.29 is 24.2 Å². The largest absolute Gasteiger partial charge is 0.394 e. The molecule has 0 saturated carbocycles. The number of carbonyl (C=O) groups is 3. The van der Waals surface area contributed by atoms with Gasteiger partial charge in [-0.15, -0.1) is 13.2 Å². The van der Waals surface area contributed by atoms with Crippen molar-refractivity contribution in [3.63, 3.8) is 0 Å². The molecule has 6 atom stereocenters. The molecule has 2 unspecified atom stereocenters. The fraction of sp³-hybridized carbons (Fsp3) is 0.750. The Morgan fingerprint density at radius 1 is 1.22 bits per heavy atom. The lowest BCUT2D eigenvalue weighted by Crippen LogP contribution is -2.59. The van der Waals surface area contributed by atoms with Crippen LogP contribution in [0.1, 0.15) is 59.8 Å². The van der Waals surface area contributed by atoms with E-state index in [1.165, 1.54) is 0 Å². The minimum Gasteiger partial charge on any atom is -0.394 e. The van der Waals surface area contributed by atoms with E-state index in [1.54, 1.807) is 33.9 Å². The fourth-order valence-electron chi connectivity index (χ4n) is 6.72. The molecule has 3 fully saturated rings. The molecule has 8 nitrogen and oxygen atoms in total. The van der Waals surface area contributed by atoms with E-state index < -0.39 is 35.1 Å². The normalized spacial score (nSPS) is 31.5. The maximum absolute atomic E-state index is 14.3. The molecule has 2 bridgehead atoms. The number of amides is 3. The molecule has 3 saturated heterocycles. The predicted octanol–water partition coefficient (Wildman–Crippen LogP) is 2.62. The maximum Gasteiger partial charge on any atom is 0.248 e. The summed E-state index contributed by atoms with van der Waals surface area (Å²) in [6.45, 7) is 16.6. The lowest BCUT2D eigenvalue weighted by Gasteiger charge is -2.40. The number of hydrogen-bond donors (Lipinski definition) is 1. The molecule has 36 heavy (non-hydrogen) atoms. The highest BCUT2D eigenvalue weighted by Gasteiger charge is 2.78. The maximum atomic E-state index is 14.3. The number of likely N-dealkylation sites (N-methyl/N-ethyl adjacent to an activating group) is 1. The van der Waals surface area contributed by atoms with Crippen LogP contribution in [-0.2, 0) is 19.1 Å². The molecule has 3 rings (SSSR count). The van der Waals surface area contributed by atoms with E-state index in [-0.39, 0.29) is 30.2 Å². The Hall–Kier alpha value is -2.19. The van der Waals surface area contributed by atoms with Crippen molar-refractivity contribution in [1.82, 2.24) is 14.7 Å². The zero-order valence-corrected chi connectivity index (χ0v) is 22.7. The molecule has 0 aliphatic carbocycles. The van der Waals surface area contributed by atoms with Crippen molar-refractivity contribution in [3.05, 3.63) is 25.3 Å². The van der Waals surface area contributed by atoms with E-state index in [0.29, 0.717) is 38.9 Å². The topological polar surface area (TPSA) is 90.4 Å². The Morgan fingerprint density at radius 2 is 1.89 bits per heavy atom. The van der Waals surface area contributed by atoms with E-state index in [1.807, 2.05) is 20.8 Å². The molecule has 0 aromatic carbocycles. The van der Waals surface area contributed by atoms with Gasteiger partial charge < -0.3 is 24.5 Å². The highest BCUT2D eigenvalue weighted by atomic mass is 16.5. The van der Waals surface area contributed by atoms with E-state index in [4.69, 9.17) is 4.74 Å². The summed E-state index contributed by atoms with van der Waals surface area (Å²) in [5.41, 5.74) is -1.91. The zero-order valence-electron chi connectivity index (χ0n) is 22.7. The Morgan fingerprint density at radius 3 is 2.44 bits per heavy atom. The molecule has 3 aliphatic rings. The van der Waals surface area contributed by atoms with Gasteiger partial charge in [-0.25, -0.2) is 0 Å². The first-order valence-corrected chi connectivity index (χ1v) is 13.4. The molecule has 3 amide bonds. The van der Waals surface area contributed by atoms with Gasteiger partial charge in [0.2, 0.25) is 17.7 Å². The van der Waals surface area contributed by atoms with Gasteiger partial charge in [0.25, 0.3) is 0 Å². The van der Waals surface area contributed by atoms with Crippen LogP contribution in [0.5, 0.6) is 0 Å². The Labute approximate surface area is 216 Å². The number of carbonyl (C=O) groups excluding carboxylic acids is 3. The van der Waals surface area contributed by atoms with Crippen LogP contribution in [0, 0.1) is 17.8 Å². The van der Waals surface area contributed by atoms with Crippen molar-refractivity contribution in [2.75, 3.05) is 33.3 Å². The molecule has 202 valence electrons. The summed E-state index contributed by atoms with van der Waals surface area (Å²) in [6.07, 6.45) is 6.79. The molecule has 3 aliphatic heterocycles. The van der Waals surface area contributed by atoms with Crippen LogP contribution in [0.4, 0.5) is 0 Å². The standard InChI is InChI=1S/C28H45N3O5/c1-8-11-16-30(15-10-3)26(35)23-28-13-12-27(6,36-28)21(24(33)29(7)14-9-2)22(28)25(34)31(23)20(18-32)17-19(4)5/h9-10,19-23,32H,2-3,8,11-18H2,1,4-7H3/t20-,21-,22+,23?,27+,28?/m1/s1. The number of hydrogen-bond acceptors (Lipinski definition) is 5. The number of ether oxygens (including phenoxy) is 1. The second kappa shape index (κ2) is 11.1. The summed E-state index contributed by atoms with van der Waals surface area (Å²) in [5.74, 6) is -1.84. The van der Waals surface area contributed by atoms with Gasteiger partial charge in [0.15, 0.2) is 0 Å². The van der Waals surface area contributed by atoms with Crippen LogP contribution in [0.25, 0.3) is 0 Å². The summed E-state index contributed by atoms with van der Waals surface area (Å²) >= 11 is 0. The van der Waals surface area contributed by atoms with Gasteiger partial charge in [-0.2, -0.15) is 0 Å². The first-order valence-electron chi connectivity index (χ1n) is 13.4. The lowest BCUT2D eigenvalue weighted by molar-refractivity contribution is -0.156. The zero-order chi connectivity index (χ0) is 26.8. The van der Waals surface area contributed by atoms with Crippen LogP contribution < -0.4 is 0 Å². The van der Waals surface area contributed by atoms with Crippen molar-refractivity contribution in [3.8, 4) is 0 Å². The SMILES string of the molecule is C=CCN(C)C(=O)[C@H]1[C@H]2C(=O)N([C@@H](CO)CC(C)C)C(C(=O)N(CC=C)CCCC)C23CC[C@]1(C)O3. The van der Waals surface area contributed by atoms with E-state index in [2.05, 4.69) is 20.1 Å². The minimum absolute atomic E-state index is 0.163. The number of nitrogens with zero attached hydrogens (tertiary/aromatic N) is 3. The molecule has 1 N–H and O–H groups in total. The van der Waals surface area contributed by atoms with Crippen LogP contribution in [0.15, 0.2) is 25.3 Å². The molecule has 0 aromatic rings. The third-order valence-electron chi connectivity index (χ3n) is 8.28. The number of aliphatic hydroxyl groups excluding tert-OH is 1. The molecule has 0 aromatic heterocycles. The third kappa shape index (κ3) is 4.62. The van der Waals surface area contributed by atoms with Crippen molar-refractivity contribution in [2.24, 2.45) is 17.8 Å². The quantitative estimate of drug-likeness (QED) is 0.390. The molecule has 1 spiro atoms. The average Bonchev–Trinajstić information content (AvgIpc) is 3.40. The third-order valence-corrected chi connectivity index (χ3v) is 8.28. The van der Waals surface area contributed by atoms with Crippen molar-refractivity contribution in [1.29, 1.82) is 0 Å². The monoisotopic (exact) mass is 503 g/mol. The van der Waals surface area contributed by atoms with Gasteiger partial charge in [-0.3, -0.25) is 14.4 Å². The Bertz CT molecular complexity index is 875. The van der Waals surface area contributed by atoms with Gasteiger partial charge >= 0.3 is 0 Å². The van der Waals surface area contributed by atoms with Crippen LogP contribution in [-0.4, -0.2) is 94.1 Å². The molecule has 3 heterocycles. The van der Waals surface area contributed by atoms with Crippen LogP contribution in [0.2, 0.25) is 0 Å². The fourth-order valence-corrected chi connectivity index (χ4v) is 6.72. The predicted molar refractivity (Wildman–Crippen MR) is 139 cm³/mol. The summed E-state index contributed by atoms with van der Waals surface area (Å²) in [5, 5.41) is 10.4. The van der Waals surface area contributed by atoms with E-state index >= 15 is 0 Å². The smallest absolute Gasteiger partial charge is 0.248 e. The van der Waals surface area contributed by atoms with Gasteiger partial charge in [0.1, 0.15) is 11.6 Å². The van der Waals surface area contributed by atoms with Gasteiger partial charge in [0.05, 0.1) is 30.1 Å². The number of rotatable bonds is 13. The van der Waals surface area contributed by atoms with Crippen molar-refractivity contribution >= 4 is 17.7 Å². The highest BCUT2D eigenvalue weighted by Crippen LogP contribution is 2.64. The second-order valence-electron chi connectivity index (χ2n) is 11.4. The number of fused-ring (bicyclic) bond motifs is 1. The number of unbranched alkanes of at least 4 members (excludes halogenated alkanes) is 1.